The van der Waals surface area contributed by atoms with Crippen LogP contribution >= 0.6 is 0 Å². The third-order valence-electron chi connectivity index (χ3n) is 3.01. The number of amides is 2. The van der Waals surface area contributed by atoms with Crippen LogP contribution in [0, 0.1) is 12.3 Å². The van der Waals surface area contributed by atoms with Crippen LogP contribution in [0.25, 0.3) is 0 Å². The van der Waals surface area contributed by atoms with Gasteiger partial charge in [-0.15, -0.1) is 12.3 Å². The number of rotatable bonds is 4. The summed E-state index contributed by atoms with van der Waals surface area (Å²) in [7, 11) is 0. The number of nitrogens with zero attached hydrogens (tertiary/aromatic N) is 1. The smallest absolute Gasteiger partial charge is 0.326 e. The monoisotopic (exact) mass is 254 g/mol. The average Bonchev–Trinajstić information content (AvgIpc) is 2.71. The molecule has 1 rings (SSSR count). The standard InChI is InChI=1S/C12H18N2O4/c1-3-5-8(4-2)13-12(18)14-7-9(15)6-10(14)11(16)17/h1,8-10,15H,4-7H2,2H3,(H,13,18)(H,16,17)/t8?,9-,10-/m0/s1. The molecule has 0 aromatic carbocycles. The van der Waals surface area contributed by atoms with Gasteiger partial charge in [-0.2, -0.15) is 0 Å². The Morgan fingerprint density at radius 3 is 2.78 bits per heavy atom. The topological polar surface area (TPSA) is 89.9 Å². The minimum Gasteiger partial charge on any atom is -0.480 e. The molecule has 3 N–H and O–H groups in total. The zero-order valence-corrected chi connectivity index (χ0v) is 10.3. The van der Waals surface area contributed by atoms with Gasteiger partial charge in [0.15, 0.2) is 0 Å². The Kier molecular flexibility index (Phi) is 4.98. The van der Waals surface area contributed by atoms with Gasteiger partial charge in [-0.25, -0.2) is 9.59 Å². The fraction of sp³-hybridized carbons (Fsp3) is 0.667. The van der Waals surface area contributed by atoms with E-state index >= 15 is 0 Å². The molecular weight excluding hydrogens is 236 g/mol. The molecule has 1 heterocycles. The number of urea groups is 1. The summed E-state index contributed by atoms with van der Waals surface area (Å²) in [5.41, 5.74) is 0. The van der Waals surface area contributed by atoms with E-state index in [1.54, 1.807) is 0 Å². The third-order valence-corrected chi connectivity index (χ3v) is 3.01. The maximum Gasteiger partial charge on any atom is 0.326 e. The van der Waals surface area contributed by atoms with Crippen molar-refractivity contribution in [1.29, 1.82) is 0 Å². The van der Waals surface area contributed by atoms with Gasteiger partial charge in [-0.1, -0.05) is 6.92 Å². The van der Waals surface area contributed by atoms with E-state index in [2.05, 4.69) is 11.2 Å². The van der Waals surface area contributed by atoms with Crippen molar-refractivity contribution in [2.24, 2.45) is 0 Å². The molecule has 0 bridgehead atoms. The number of likely N-dealkylation sites (tertiary alicyclic amines) is 1. The molecule has 100 valence electrons. The van der Waals surface area contributed by atoms with Crippen LogP contribution in [0.4, 0.5) is 4.79 Å². The molecule has 1 saturated heterocycles. The first kappa shape index (κ1) is 14.3. The third kappa shape index (κ3) is 3.37. The first-order valence-corrected chi connectivity index (χ1v) is 5.91. The van der Waals surface area contributed by atoms with Crippen LogP contribution in [0.2, 0.25) is 0 Å². The van der Waals surface area contributed by atoms with E-state index in [0.717, 1.165) is 4.90 Å². The zero-order chi connectivity index (χ0) is 13.7. The summed E-state index contributed by atoms with van der Waals surface area (Å²) in [4.78, 5) is 24.0. The van der Waals surface area contributed by atoms with E-state index in [1.807, 2.05) is 6.92 Å². The minimum absolute atomic E-state index is 0.0370. The summed E-state index contributed by atoms with van der Waals surface area (Å²) in [6.07, 6.45) is 5.53. The van der Waals surface area contributed by atoms with Crippen molar-refractivity contribution in [2.75, 3.05) is 6.54 Å². The lowest BCUT2D eigenvalue weighted by Crippen LogP contribution is -2.49. The molecule has 6 nitrogen and oxygen atoms in total. The van der Waals surface area contributed by atoms with Gasteiger partial charge in [0.1, 0.15) is 6.04 Å². The van der Waals surface area contributed by atoms with Crippen LogP contribution in [0.5, 0.6) is 0 Å². The lowest BCUT2D eigenvalue weighted by atomic mass is 10.1. The molecule has 0 aromatic heterocycles. The number of hydrogen-bond acceptors (Lipinski definition) is 3. The van der Waals surface area contributed by atoms with E-state index in [9.17, 15) is 14.7 Å². The van der Waals surface area contributed by atoms with Crippen molar-refractivity contribution in [3.05, 3.63) is 0 Å². The molecule has 0 radical (unpaired) electrons. The summed E-state index contributed by atoms with van der Waals surface area (Å²) in [5.74, 6) is 1.35. The summed E-state index contributed by atoms with van der Waals surface area (Å²) in [6.45, 7) is 1.92. The Labute approximate surface area is 106 Å². The number of hydrogen-bond donors (Lipinski definition) is 3. The Morgan fingerprint density at radius 1 is 1.61 bits per heavy atom. The van der Waals surface area contributed by atoms with Gasteiger partial charge in [0.25, 0.3) is 0 Å². The second-order valence-electron chi connectivity index (χ2n) is 4.36. The minimum atomic E-state index is -1.10. The van der Waals surface area contributed by atoms with Crippen molar-refractivity contribution in [3.63, 3.8) is 0 Å². The molecule has 0 spiro atoms. The number of β-amino-alcohol motifs (C(OH)–C–C–N with tert-alkyl or cyclic N) is 1. The van der Waals surface area contributed by atoms with E-state index in [1.165, 1.54) is 0 Å². The highest BCUT2D eigenvalue weighted by atomic mass is 16.4. The van der Waals surface area contributed by atoms with Crippen LogP contribution in [-0.2, 0) is 4.79 Å². The lowest BCUT2D eigenvalue weighted by Gasteiger charge is -2.24. The van der Waals surface area contributed by atoms with Gasteiger partial charge < -0.3 is 20.4 Å². The van der Waals surface area contributed by atoms with E-state index in [4.69, 9.17) is 11.5 Å². The van der Waals surface area contributed by atoms with Crippen LogP contribution < -0.4 is 5.32 Å². The average molecular weight is 254 g/mol. The molecule has 1 fully saturated rings. The lowest BCUT2D eigenvalue weighted by molar-refractivity contribution is -0.141. The predicted octanol–water partition coefficient (Wildman–Crippen LogP) is 0.0177. The molecule has 0 aromatic rings. The molecule has 18 heavy (non-hydrogen) atoms. The summed E-state index contributed by atoms with van der Waals surface area (Å²) in [5, 5.41) is 21.1. The van der Waals surface area contributed by atoms with Crippen LogP contribution in [0.3, 0.4) is 0 Å². The van der Waals surface area contributed by atoms with Gasteiger partial charge in [-0.3, -0.25) is 0 Å². The van der Waals surface area contributed by atoms with Gasteiger partial charge in [-0.05, 0) is 6.42 Å². The van der Waals surface area contributed by atoms with E-state index in [0.29, 0.717) is 12.8 Å². The van der Waals surface area contributed by atoms with E-state index in [-0.39, 0.29) is 19.0 Å². The van der Waals surface area contributed by atoms with Crippen molar-refractivity contribution in [1.82, 2.24) is 10.2 Å². The number of carbonyl (C=O) groups excluding carboxylic acids is 1. The normalized spacial score (nSPS) is 24.4. The molecule has 0 aliphatic carbocycles. The molecule has 6 heteroatoms. The fourth-order valence-electron chi connectivity index (χ4n) is 1.97. The highest BCUT2D eigenvalue weighted by molar-refractivity contribution is 5.83. The second-order valence-corrected chi connectivity index (χ2v) is 4.36. The van der Waals surface area contributed by atoms with Gasteiger partial charge in [0.05, 0.1) is 6.10 Å². The quantitative estimate of drug-likeness (QED) is 0.617. The molecule has 1 aliphatic rings. The number of aliphatic hydroxyl groups is 1. The van der Waals surface area contributed by atoms with Crippen molar-refractivity contribution < 1.29 is 19.8 Å². The van der Waals surface area contributed by atoms with Crippen LogP contribution in [0.15, 0.2) is 0 Å². The van der Waals surface area contributed by atoms with Crippen molar-refractivity contribution >= 4 is 12.0 Å². The molecule has 1 aliphatic heterocycles. The van der Waals surface area contributed by atoms with Gasteiger partial charge in [0.2, 0.25) is 0 Å². The Morgan fingerprint density at radius 2 is 2.28 bits per heavy atom. The van der Waals surface area contributed by atoms with Gasteiger partial charge in [0, 0.05) is 25.4 Å². The van der Waals surface area contributed by atoms with E-state index < -0.39 is 24.1 Å². The number of carboxylic acid groups (broad SMARTS) is 1. The first-order valence-electron chi connectivity index (χ1n) is 5.91. The zero-order valence-electron chi connectivity index (χ0n) is 10.3. The van der Waals surface area contributed by atoms with Crippen molar-refractivity contribution in [3.8, 4) is 12.3 Å². The molecule has 0 saturated carbocycles. The molecular formula is C12H18N2O4. The highest BCUT2D eigenvalue weighted by Crippen LogP contribution is 2.18. The number of aliphatic hydroxyl groups excluding tert-OH is 1. The van der Waals surface area contributed by atoms with Gasteiger partial charge >= 0.3 is 12.0 Å². The maximum atomic E-state index is 11.9. The van der Waals surface area contributed by atoms with Crippen LogP contribution in [-0.4, -0.2) is 51.8 Å². The summed E-state index contributed by atoms with van der Waals surface area (Å²) < 4.78 is 0. The molecule has 3 atom stereocenters. The summed E-state index contributed by atoms with van der Waals surface area (Å²) in [6, 6.07) is -1.63. The largest absolute Gasteiger partial charge is 0.480 e. The number of nitrogens with one attached hydrogen (secondary N) is 1. The first-order chi connectivity index (χ1) is 8.49. The number of terminal acetylenes is 1. The fourth-order valence-corrected chi connectivity index (χ4v) is 1.97. The van der Waals surface area contributed by atoms with Crippen LogP contribution in [0.1, 0.15) is 26.2 Å². The number of carboxylic acids is 1. The number of carbonyl (C=O) groups is 2. The Balaban J connectivity index is 2.65. The highest BCUT2D eigenvalue weighted by Gasteiger charge is 2.39. The van der Waals surface area contributed by atoms with Crippen molar-refractivity contribution in [2.45, 2.75) is 44.4 Å². The predicted molar refractivity (Wildman–Crippen MR) is 64.8 cm³/mol. The SMILES string of the molecule is C#CCC(CC)NC(=O)N1C[C@@H](O)C[C@H]1C(=O)O. The number of aliphatic carboxylic acids is 1. The molecule has 1 unspecified atom stereocenters. The maximum absolute atomic E-state index is 11.9. The summed E-state index contributed by atoms with van der Waals surface area (Å²) >= 11 is 0. The Bertz CT molecular complexity index is 364. The Hall–Kier alpha value is -1.74. The second kappa shape index (κ2) is 6.26. The molecule has 2 amide bonds.